The molecule has 0 aromatic carbocycles. The lowest BCUT2D eigenvalue weighted by Gasteiger charge is -2.31. The molecule has 0 spiro atoms. The van der Waals surface area contributed by atoms with Gasteiger partial charge in [0.05, 0.1) is 5.38 Å². The molecule has 0 aromatic heterocycles. The number of hydrogen-bond acceptors (Lipinski definition) is 1. The maximum Gasteiger partial charge on any atom is 0.141 e. The minimum Gasteiger partial charge on any atom is -0.376 e. The fourth-order valence-corrected chi connectivity index (χ4v) is 2.05. The number of rotatable bonds is 2. The Bertz CT molecular complexity index is 228. The van der Waals surface area contributed by atoms with E-state index in [0.29, 0.717) is 0 Å². The van der Waals surface area contributed by atoms with E-state index >= 15 is 0 Å². The highest BCUT2D eigenvalue weighted by Crippen LogP contribution is 2.31. The molecule has 2 atom stereocenters. The largest absolute Gasteiger partial charge is 0.376 e. The Labute approximate surface area is 91.8 Å². The van der Waals surface area contributed by atoms with Crippen molar-refractivity contribution in [1.29, 1.82) is 0 Å². The van der Waals surface area contributed by atoms with Crippen LogP contribution in [0, 0.1) is 11.8 Å². The molecule has 1 rings (SSSR count). The highest BCUT2D eigenvalue weighted by atomic mass is 35.5. The molecule has 0 amide bonds. The summed E-state index contributed by atoms with van der Waals surface area (Å²) in [6.45, 7) is 2.14. The predicted octanol–water partition coefficient (Wildman–Crippen LogP) is 3.09. The van der Waals surface area contributed by atoms with Crippen LogP contribution >= 0.6 is 11.6 Å². The van der Waals surface area contributed by atoms with E-state index in [1.54, 1.807) is 0 Å². The van der Waals surface area contributed by atoms with Gasteiger partial charge in [-0.15, -0.1) is 17.5 Å². The first kappa shape index (κ1) is 11.9. The van der Waals surface area contributed by atoms with Crippen LogP contribution in [0.25, 0.3) is 0 Å². The number of halogens is 1. The van der Waals surface area contributed by atoms with E-state index < -0.39 is 5.60 Å². The minimum atomic E-state index is -0.909. The Morgan fingerprint density at radius 1 is 1.50 bits per heavy atom. The number of alkyl halides is 1. The van der Waals surface area contributed by atoms with Crippen LogP contribution in [0.3, 0.4) is 0 Å². The van der Waals surface area contributed by atoms with E-state index in [1.165, 1.54) is 0 Å². The summed E-state index contributed by atoms with van der Waals surface area (Å²) in [6, 6.07) is 0. The molecule has 1 nitrogen and oxygen atoms in total. The molecule has 0 radical (unpaired) electrons. The molecule has 0 saturated heterocycles. The van der Waals surface area contributed by atoms with Gasteiger partial charge in [-0.3, -0.25) is 0 Å². The summed E-state index contributed by atoms with van der Waals surface area (Å²) in [5.74, 6) is 6.00. The van der Waals surface area contributed by atoms with E-state index in [4.69, 9.17) is 11.6 Å². The van der Waals surface area contributed by atoms with Crippen molar-refractivity contribution in [3.05, 3.63) is 0 Å². The van der Waals surface area contributed by atoms with Gasteiger partial charge in [-0.25, -0.2) is 0 Å². The van der Waals surface area contributed by atoms with E-state index in [1.807, 2.05) is 0 Å². The van der Waals surface area contributed by atoms with E-state index in [9.17, 15) is 5.11 Å². The molecule has 14 heavy (non-hydrogen) atoms. The fourth-order valence-electron chi connectivity index (χ4n) is 1.73. The molecular weight excluding hydrogens is 196 g/mol. The third kappa shape index (κ3) is 3.19. The van der Waals surface area contributed by atoms with Crippen LogP contribution in [0.5, 0.6) is 0 Å². The SMILES string of the molecule is CCCCC#CC1(O)CCCCC1Cl. The first-order chi connectivity index (χ1) is 6.69. The van der Waals surface area contributed by atoms with Crippen molar-refractivity contribution in [1.82, 2.24) is 0 Å². The summed E-state index contributed by atoms with van der Waals surface area (Å²) >= 11 is 6.08. The zero-order valence-electron chi connectivity index (χ0n) is 8.85. The summed E-state index contributed by atoms with van der Waals surface area (Å²) in [4.78, 5) is 0. The molecule has 1 N–H and O–H groups in total. The summed E-state index contributed by atoms with van der Waals surface area (Å²) in [6.07, 6.45) is 6.92. The van der Waals surface area contributed by atoms with Crippen molar-refractivity contribution >= 4 is 11.6 Å². The number of hydrogen-bond donors (Lipinski definition) is 1. The molecule has 1 fully saturated rings. The van der Waals surface area contributed by atoms with Gasteiger partial charge in [0.25, 0.3) is 0 Å². The van der Waals surface area contributed by atoms with Crippen LogP contribution in [-0.2, 0) is 0 Å². The van der Waals surface area contributed by atoms with Gasteiger partial charge in [-0.2, -0.15) is 0 Å². The van der Waals surface area contributed by atoms with Gasteiger partial charge in [0.1, 0.15) is 5.60 Å². The second kappa shape index (κ2) is 5.63. The van der Waals surface area contributed by atoms with Crippen LogP contribution < -0.4 is 0 Å². The summed E-state index contributed by atoms with van der Waals surface area (Å²) in [5, 5.41) is 9.96. The first-order valence-electron chi connectivity index (χ1n) is 5.55. The van der Waals surface area contributed by atoms with E-state index in [0.717, 1.165) is 44.9 Å². The standard InChI is InChI=1S/C12H19ClO/c1-2-3-4-6-9-12(14)10-7-5-8-11(12)13/h11,14H,2-5,7-8,10H2,1H3. The summed E-state index contributed by atoms with van der Waals surface area (Å²) in [5.41, 5.74) is -0.909. The van der Waals surface area contributed by atoms with Crippen LogP contribution in [-0.4, -0.2) is 16.1 Å². The Hall–Kier alpha value is -0.190. The molecule has 1 saturated carbocycles. The fraction of sp³-hybridized carbons (Fsp3) is 0.833. The topological polar surface area (TPSA) is 20.2 Å². The monoisotopic (exact) mass is 214 g/mol. The Morgan fingerprint density at radius 2 is 2.29 bits per heavy atom. The first-order valence-corrected chi connectivity index (χ1v) is 5.99. The summed E-state index contributed by atoms with van der Waals surface area (Å²) in [7, 11) is 0. The molecule has 1 aliphatic rings. The Kier molecular flexibility index (Phi) is 4.78. The highest BCUT2D eigenvalue weighted by Gasteiger charge is 2.35. The summed E-state index contributed by atoms with van der Waals surface area (Å²) < 4.78 is 0. The molecule has 0 aromatic rings. The minimum absolute atomic E-state index is 0.176. The maximum atomic E-state index is 10.1. The van der Waals surface area contributed by atoms with Gasteiger partial charge in [-0.05, 0) is 25.7 Å². The lowest BCUT2D eigenvalue weighted by molar-refractivity contribution is 0.0652. The molecule has 80 valence electrons. The average Bonchev–Trinajstić information content (AvgIpc) is 2.18. The van der Waals surface area contributed by atoms with Gasteiger partial charge in [0.2, 0.25) is 0 Å². The van der Waals surface area contributed by atoms with Crippen LogP contribution in [0.4, 0.5) is 0 Å². The quantitative estimate of drug-likeness (QED) is 0.426. The molecule has 2 unspecified atom stereocenters. The van der Waals surface area contributed by atoms with Crippen molar-refractivity contribution < 1.29 is 5.11 Å². The van der Waals surface area contributed by atoms with Crippen LogP contribution in [0.15, 0.2) is 0 Å². The predicted molar refractivity (Wildman–Crippen MR) is 60.4 cm³/mol. The third-order valence-electron chi connectivity index (χ3n) is 2.74. The molecule has 2 heteroatoms. The van der Waals surface area contributed by atoms with Gasteiger partial charge in [-0.1, -0.05) is 25.7 Å². The Balaban J connectivity index is 2.48. The molecular formula is C12H19ClO. The third-order valence-corrected chi connectivity index (χ3v) is 3.32. The average molecular weight is 215 g/mol. The molecule has 0 aliphatic heterocycles. The second-order valence-electron chi connectivity index (χ2n) is 4.04. The van der Waals surface area contributed by atoms with E-state index in [2.05, 4.69) is 18.8 Å². The van der Waals surface area contributed by atoms with Gasteiger partial charge in [0, 0.05) is 6.42 Å². The number of unbranched alkanes of at least 4 members (excludes halogenated alkanes) is 2. The van der Waals surface area contributed by atoms with Crippen LogP contribution in [0.2, 0.25) is 0 Å². The zero-order valence-corrected chi connectivity index (χ0v) is 9.61. The number of aliphatic hydroxyl groups is 1. The maximum absolute atomic E-state index is 10.1. The normalized spacial score (nSPS) is 32.1. The molecule has 0 bridgehead atoms. The van der Waals surface area contributed by atoms with Crippen LogP contribution in [0.1, 0.15) is 51.9 Å². The van der Waals surface area contributed by atoms with Crippen molar-refractivity contribution in [3.8, 4) is 11.8 Å². The van der Waals surface area contributed by atoms with Crippen molar-refractivity contribution in [3.63, 3.8) is 0 Å². The lowest BCUT2D eigenvalue weighted by Crippen LogP contribution is -2.40. The zero-order chi connectivity index (χ0) is 10.4. The highest BCUT2D eigenvalue weighted by molar-refractivity contribution is 6.21. The van der Waals surface area contributed by atoms with Crippen molar-refractivity contribution in [2.24, 2.45) is 0 Å². The van der Waals surface area contributed by atoms with Crippen molar-refractivity contribution in [2.45, 2.75) is 62.8 Å². The smallest absolute Gasteiger partial charge is 0.141 e. The van der Waals surface area contributed by atoms with Gasteiger partial charge >= 0.3 is 0 Å². The van der Waals surface area contributed by atoms with E-state index in [-0.39, 0.29) is 5.38 Å². The molecule has 1 aliphatic carbocycles. The van der Waals surface area contributed by atoms with Gasteiger partial charge in [0.15, 0.2) is 0 Å². The van der Waals surface area contributed by atoms with Gasteiger partial charge < -0.3 is 5.11 Å². The van der Waals surface area contributed by atoms with Crippen molar-refractivity contribution in [2.75, 3.05) is 0 Å². The Morgan fingerprint density at radius 3 is 2.93 bits per heavy atom. The molecule has 0 heterocycles. The second-order valence-corrected chi connectivity index (χ2v) is 4.57. The lowest BCUT2D eigenvalue weighted by atomic mass is 9.85.